The van der Waals surface area contributed by atoms with Crippen LogP contribution in [0.5, 0.6) is 0 Å². The predicted octanol–water partition coefficient (Wildman–Crippen LogP) is 0.717. The summed E-state index contributed by atoms with van der Waals surface area (Å²) in [7, 11) is -3.85. The molecule has 23 heavy (non-hydrogen) atoms. The summed E-state index contributed by atoms with van der Waals surface area (Å²) in [5.41, 5.74) is 5.77. The van der Waals surface area contributed by atoms with E-state index in [1.54, 1.807) is 30.3 Å². The van der Waals surface area contributed by atoms with Gasteiger partial charge in [-0.05, 0) is 24.3 Å². The van der Waals surface area contributed by atoms with Crippen molar-refractivity contribution < 1.29 is 22.7 Å². The quantitative estimate of drug-likeness (QED) is 0.778. The van der Waals surface area contributed by atoms with Crippen molar-refractivity contribution in [1.82, 2.24) is 0 Å². The van der Waals surface area contributed by atoms with Crippen molar-refractivity contribution in [2.45, 2.75) is 11.0 Å². The number of carbonyl (C=O) groups excluding carboxylic acids is 2. The second-order valence-corrected chi connectivity index (χ2v) is 6.23. The molecule has 7 nitrogen and oxygen atoms in total. The van der Waals surface area contributed by atoms with Crippen molar-refractivity contribution in [1.29, 1.82) is 0 Å². The molecule has 0 aliphatic rings. The van der Waals surface area contributed by atoms with Gasteiger partial charge in [-0.1, -0.05) is 30.3 Å². The number of amides is 1. The minimum Gasteiger partial charge on any atom is -0.444 e. The van der Waals surface area contributed by atoms with E-state index in [0.29, 0.717) is 5.56 Å². The fourth-order valence-electron chi connectivity index (χ4n) is 1.87. The van der Waals surface area contributed by atoms with Crippen LogP contribution in [0.15, 0.2) is 59.5 Å². The van der Waals surface area contributed by atoms with Gasteiger partial charge in [0.25, 0.3) is 5.91 Å². The minimum absolute atomic E-state index is 0.0691. The zero-order chi connectivity index (χ0) is 17.0. The minimum atomic E-state index is -3.85. The molecule has 0 bridgehead atoms. The predicted molar refractivity (Wildman–Crippen MR) is 81.6 cm³/mol. The van der Waals surface area contributed by atoms with Gasteiger partial charge in [0.2, 0.25) is 16.1 Å². The number of carbonyl (C=O) groups is 2. The summed E-state index contributed by atoms with van der Waals surface area (Å²) in [6.45, 7) is 0. The zero-order valence-corrected chi connectivity index (χ0v) is 12.7. The van der Waals surface area contributed by atoms with E-state index in [1.165, 1.54) is 24.3 Å². The van der Waals surface area contributed by atoms with Crippen LogP contribution in [0.25, 0.3) is 0 Å². The lowest BCUT2D eigenvalue weighted by molar-refractivity contribution is -0.127. The van der Waals surface area contributed by atoms with Crippen LogP contribution < -0.4 is 10.9 Å². The summed E-state index contributed by atoms with van der Waals surface area (Å²) in [5, 5.41) is 4.97. The van der Waals surface area contributed by atoms with Crippen LogP contribution in [0.3, 0.4) is 0 Å². The van der Waals surface area contributed by atoms with Gasteiger partial charge in [-0.2, -0.15) is 0 Å². The Labute approximate surface area is 132 Å². The van der Waals surface area contributed by atoms with Crippen molar-refractivity contribution in [2.75, 3.05) is 0 Å². The monoisotopic (exact) mass is 334 g/mol. The summed E-state index contributed by atoms with van der Waals surface area (Å²) >= 11 is 0. The summed E-state index contributed by atoms with van der Waals surface area (Å²) in [4.78, 5) is 23.4. The van der Waals surface area contributed by atoms with E-state index < -0.39 is 28.0 Å². The number of rotatable bonds is 5. The maximum atomic E-state index is 12.1. The van der Waals surface area contributed by atoms with Gasteiger partial charge in [-0.3, -0.25) is 4.79 Å². The molecule has 8 heteroatoms. The maximum absolute atomic E-state index is 12.1. The van der Waals surface area contributed by atoms with Gasteiger partial charge >= 0.3 is 5.97 Å². The Bertz CT molecular complexity index is 817. The largest absolute Gasteiger partial charge is 0.444 e. The van der Waals surface area contributed by atoms with Crippen molar-refractivity contribution in [3.63, 3.8) is 0 Å². The van der Waals surface area contributed by atoms with Crippen LogP contribution in [0.4, 0.5) is 0 Å². The molecule has 1 atom stereocenters. The highest BCUT2D eigenvalue weighted by molar-refractivity contribution is 7.89. The third-order valence-corrected chi connectivity index (χ3v) is 3.93. The Hall–Kier alpha value is -2.71. The lowest BCUT2D eigenvalue weighted by atomic mass is 10.1. The Balaban J connectivity index is 2.21. The molecule has 0 aliphatic carbocycles. The van der Waals surface area contributed by atoms with Crippen LogP contribution in [0.1, 0.15) is 22.0 Å². The molecule has 0 aromatic heterocycles. The van der Waals surface area contributed by atoms with Crippen molar-refractivity contribution >= 4 is 21.9 Å². The van der Waals surface area contributed by atoms with Gasteiger partial charge in [0.1, 0.15) is 0 Å². The van der Waals surface area contributed by atoms with Crippen LogP contribution in [-0.2, 0) is 19.6 Å². The zero-order valence-electron chi connectivity index (χ0n) is 11.9. The molecular formula is C15H14N2O5S. The molecule has 0 spiro atoms. The fourth-order valence-corrected chi connectivity index (χ4v) is 2.39. The van der Waals surface area contributed by atoms with Crippen molar-refractivity contribution in [3.05, 3.63) is 65.7 Å². The number of primary amides is 1. The topological polar surface area (TPSA) is 130 Å². The van der Waals surface area contributed by atoms with E-state index >= 15 is 0 Å². The highest BCUT2D eigenvalue weighted by Crippen LogP contribution is 2.19. The third kappa shape index (κ3) is 4.15. The molecule has 1 unspecified atom stereocenters. The molecular weight excluding hydrogens is 320 g/mol. The average Bonchev–Trinajstić information content (AvgIpc) is 2.52. The number of primary sulfonamides is 1. The SMILES string of the molecule is NC(=O)C(OC(=O)c1ccc(S(N)(=O)=O)cc1)c1ccccc1. The smallest absolute Gasteiger partial charge is 0.339 e. The first kappa shape index (κ1) is 16.7. The first-order chi connectivity index (χ1) is 10.8. The van der Waals surface area contributed by atoms with Crippen LogP contribution in [0.2, 0.25) is 0 Å². The highest BCUT2D eigenvalue weighted by atomic mass is 32.2. The van der Waals surface area contributed by atoms with E-state index in [0.717, 1.165) is 0 Å². The fraction of sp³-hybridized carbons (Fsp3) is 0.0667. The molecule has 0 radical (unpaired) electrons. The molecule has 4 N–H and O–H groups in total. The van der Waals surface area contributed by atoms with Gasteiger partial charge in [0.05, 0.1) is 10.5 Å². The maximum Gasteiger partial charge on any atom is 0.339 e. The van der Waals surface area contributed by atoms with E-state index in [4.69, 9.17) is 15.6 Å². The van der Waals surface area contributed by atoms with E-state index in [-0.39, 0.29) is 10.5 Å². The number of ether oxygens (including phenoxy) is 1. The second-order valence-electron chi connectivity index (χ2n) is 4.67. The molecule has 2 aromatic rings. The van der Waals surface area contributed by atoms with Crippen molar-refractivity contribution in [2.24, 2.45) is 10.9 Å². The molecule has 0 saturated heterocycles. The number of benzene rings is 2. The van der Waals surface area contributed by atoms with E-state index in [2.05, 4.69) is 0 Å². The van der Waals surface area contributed by atoms with E-state index in [9.17, 15) is 18.0 Å². The third-order valence-electron chi connectivity index (χ3n) is 3.00. The normalized spacial score (nSPS) is 12.4. The summed E-state index contributed by atoms with van der Waals surface area (Å²) in [5.74, 6) is -1.62. The second kappa shape index (κ2) is 6.59. The molecule has 120 valence electrons. The van der Waals surface area contributed by atoms with Crippen molar-refractivity contribution in [3.8, 4) is 0 Å². The number of nitrogens with two attached hydrogens (primary N) is 2. The van der Waals surface area contributed by atoms with Crippen LogP contribution >= 0.6 is 0 Å². The van der Waals surface area contributed by atoms with E-state index in [1.807, 2.05) is 0 Å². The Kier molecular flexibility index (Phi) is 4.77. The Morgan fingerprint density at radius 2 is 1.52 bits per heavy atom. The van der Waals surface area contributed by atoms with Gasteiger partial charge in [-0.15, -0.1) is 0 Å². The molecule has 0 heterocycles. The Morgan fingerprint density at radius 3 is 2.00 bits per heavy atom. The van der Waals surface area contributed by atoms with Gasteiger partial charge < -0.3 is 10.5 Å². The molecule has 1 amide bonds. The standard InChI is InChI=1S/C15H14N2O5S/c16-14(18)13(10-4-2-1-3-5-10)22-15(19)11-6-8-12(9-7-11)23(17,20)21/h1-9,13H,(H2,16,18)(H2,17,20,21). The molecule has 0 fully saturated rings. The number of sulfonamides is 1. The average molecular weight is 334 g/mol. The van der Waals surface area contributed by atoms with Gasteiger partial charge in [0, 0.05) is 5.56 Å². The molecule has 2 rings (SSSR count). The lowest BCUT2D eigenvalue weighted by Gasteiger charge is -2.15. The number of esters is 1. The highest BCUT2D eigenvalue weighted by Gasteiger charge is 2.23. The number of hydrogen-bond donors (Lipinski definition) is 2. The first-order valence-corrected chi connectivity index (χ1v) is 8.02. The lowest BCUT2D eigenvalue weighted by Crippen LogP contribution is -2.26. The van der Waals surface area contributed by atoms with Crippen LogP contribution in [0, 0.1) is 0 Å². The Morgan fingerprint density at radius 1 is 0.957 bits per heavy atom. The number of hydrogen-bond acceptors (Lipinski definition) is 5. The summed E-state index contributed by atoms with van der Waals surface area (Å²) < 4.78 is 27.4. The van der Waals surface area contributed by atoms with Gasteiger partial charge in [0.15, 0.2) is 0 Å². The van der Waals surface area contributed by atoms with Crippen LogP contribution in [-0.4, -0.2) is 20.3 Å². The summed E-state index contributed by atoms with van der Waals surface area (Å²) in [6, 6.07) is 13.1. The summed E-state index contributed by atoms with van der Waals surface area (Å²) in [6.07, 6.45) is -1.23. The molecule has 2 aromatic carbocycles. The molecule has 0 aliphatic heterocycles. The molecule has 0 saturated carbocycles. The van der Waals surface area contributed by atoms with Gasteiger partial charge in [-0.25, -0.2) is 18.4 Å². The first-order valence-electron chi connectivity index (χ1n) is 6.47.